The van der Waals surface area contributed by atoms with Gasteiger partial charge < -0.3 is 14.6 Å². The first-order valence-electron chi connectivity index (χ1n) is 7.45. The minimum atomic E-state index is -0.952. The largest absolute Gasteiger partial charge is 0.525 e. The van der Waals surface area contributed by atoms with Gasteiger partial charge in [0.05, 0.1) is 11.2 Å². The van der Waals surface area contributed by atoms with Crippen LogP contribution < -0.4 is 5.32 Å². The average Bonchev–Trinajstić information content (AvgIpc) is 2.66. The van der Waals surface area contributed by atoms with E-state index in [0.717, 1.165) is 22.1 Å². The van der Waals surface area contributed by atoms with Crippen molar-refractivity contribution in [1.29, 1.82) is 0 Å². The summed E-state index contributed by atoms with van der Waals surface area (Å²) in [6.07, 6.45) is 0. The van der Waals surface area contributed by atoms with Crippen LogP contribution in [0, 0.1) is 0 Å². The molecule has 1 N–H and O–H groups in total. The van der Waals surface area contributed by atoms with E-state index in [-0.39, 0.29) is 5.73 Å². The van der Waals surface area contributed by atoms with Gasteiger partial charge in [0.2, 0.25) is 0 Å². The molecule has 0 radical (unpaired) electrons. The Hall–Kier alpha value is -0.685. The Bertz CT molecular complexity index is 629. The summed E-state index contributed by atoms with van der Waals surface area (Å²) in [6, 6.07) is 5.93. The molecule has 3 nitrogen and oxygen atoms in total. The summed E-state index contributed by atoms with van der Waals surface area (Å²) in [7, 11) is -0.952. The molecule has 1 aromatic carbocycles. The van der Waals surface area contributed by atoms with Gasteiger partial charge in [-0.2, -0.15) is 0 Å². The van der Waals surface area contributed by atoms with Crippen LogP contribution in [0.1, 0.15) is 38.8 Å². The molecule has 0 bridgehead atoms. The van der Waals surface area contributed by atoms with E-state index in [1.165, 1.54) is 0 Å². The molecule has 118 valence electrons. The first kappa shape index (κ1) is 16.2. The predicted octanol–water partition coefficient (Wildman–Crippen LogP) is 3.86. The number of rotatable bonds is 1. The maximum atomic E-state index is 15.1. The Morgan fingerprint density at radius 3 is 2.45 bits per heavy atom. The van der Waals surface area contributed by atoms with Crippen LogP contribution >= 0.6 is 15.9 Å². The molecule has 2 aliphatic rings. The van der Waals surface area contributed by atoms with E-state index in [2.05, 4.69) is 21.2 Å². The van der Waals surface area contributed by atoms with Gasteiger partial charge in [-0.3, -0.25) is 0 Å². The molecule has 0 spiro atoms. The zero-order chi connectivity index (χ0) is 16.1. The van der Waals surface area contributed by atoms with Crippen molar-refractivity contribution in [2.24, 2.45) is 0 Å². The molecular weight excluding hydrogens is 348 g/mol. The molecule has 0 amide bonds. The Morgan fingerprint density at radius 2 is 1.82 bits per heavy atom. The minimum absolute atomic E-state index is 0.342. The lowest BCUT2D eigenvalue weighted by atomic mass is 9.81. The fourth-order valence-electron chi connectivity index (χ4n) is 2.70. The molecule has 0 atom stereocenters. The van der Waals surface area contributed by atoms with Crippen LogP contribution in [0.5, 0.6) is 0 Å². The number of hydrogen-bond donors (Lipinski definition) is 1. The van der Waals surface area contributed by atoms with Crippen LogP contribution in [0.25, 0.3) is 5.57 Å². The SMILES string of the molecule is CC1(C)OB(C(F)=C2CNCc3ccc(Br)cc32)OC1(C)C. The normalized spacial score (nSPS) is 25.1. The van der Waals surface area contributed by atoms with Gasteiger partial charge >= 0.3 is 7.12 Å². The zero-order valence-electron chi connectivity index (χ0n) is 13.3. The summed E-state index contributed by atoms with van der Waals surface area (Å²) in [5, 5.41) is 3.23. The summed E-state index contributed by atoms with van der Waals surface area (Å²) in [5.74, 6) is 0. The van der Waals surface area contributed by atoms with Crippen LogP contribution in [-0.4, -0.2) is 24.9 Å². The molecule has 2 heterocycles. The smallest absolute Gasteiger partial charge is 0.398 e. The molecule has 1 aromatic rings. The number of halogens is 2. The van der Waals surface area contributed by atoms with E-state index < -0.39 is 18.3 Å². The molecule has 0 unspecified atom stereocenters. The lowest BCUT2D eigenvalue weighted by Crippen LogP contribution is -2.41. The minimum Gasteiger partial charge on any atom is -0.398 e. The molecule has 2 aliphatic heterocycles. The highest BCUT2D eigenvalue weighted by Gasteiger charge is 2.53. The second kappa shape index (κ2) is 5.44. The van der Waals surface area contributed by atoms with Gasteiger partial charge in [-0.15, -0.1) is 0 Å². The van der Waals surface area contributed by atoms with Crippen molar-refractivity contribution >= 4 is 28.6 Å². The topological polar surface area (TPSA) is 30.5 Å². The standard InChI is InChI=1S/C16H20BBrFNO2/c1-15(2)16(3,4)22-17(21-15)14(19)13-9-20-8-10-5-6-11(18)7-12(10)13/h5-7,20H,8-9H2,1-4H3. The third-order valence-corrected chi connectivity index (χ3v) is 5.26. The van der Waals surface area contributed by atoms with Gasteiger partial charge in [-0.25, -0.2) is 4.39 Å². The van der Waals surface area contributed by atoms with Crippen LogP contribution in [0.2, 0.25) is 0 Å². The third-order valence-electron chi connectivity index (χ3n) is 4.76. The monoisotopic (exact) mass is 367 g/mol. The number of nitrogens with one attached hydrogen (secondary N) is 1. The Labute approximate surface area is 139 Å². The fraction of sp³-hybridized carbons (Fsp3) is 0.500. The van der Waals surface area contributed by atoms with Gasteiger partial charge in [-0.1, -0.05) is 22.0 Å². The van der Waals surface area contributed by atoms with Crippen molar-refractivity contribution in [3.63, 3.8) is 0 Å². The number of hydrogen-bond acceptors (Lipinski definition) is 3. The summed E-state index contributed by atoms with van der Waals surface area (Å²) >= 11 is 3.46. The second-order valence-corrected chi connectivity index (χ2v) is 7.74. The highest BCUT2D eigenvalue weighted by Crippen LogP contribution is 2.41. The zero-order valence-corrected chi connectivity index (χ0v) is 14.9. The molecule has 3 rings (SSSR count). The van der Waals surface area contributed by atoms with Crippen molar-refractivity contribution in [2.75, 3.05) is 6.54 Å². The lowest BCUT2D eigenvalue weighted by Gasteiger charge is -2.32. The molecule has 0 saturated carbocycles. The Morgan fingerprint density at radius 1 is 1.18 bits per heavy atom. The maximum Gasteiger partial charge on any atom is 0.525 e. The number of fused-ring (bicyclic) bond motifs is 1. The molecule has 1 fully saturated rings. The summed E-state index contributed by atoms with van der Waals surface area (Å²) in [5.41, 5.74) is 1.18. The molecule has 0 aromatic heterocycles. The van der Waals surface area contributed by atoms with Gasteiger partial charge in [0, 0.05) is 23.1 Å². The second-order valence-electron chi connectivity index (χ2n) is 6.82. The van der Waals surface area contributed by atoms with Crippen molar-refractivity contribution in [3.8, 4) is 0 Å². The van der Waals surface area contributed by atoms with E-state index in [1.807, 2.05) is 45.9 Å². The lowest BCUT2D eigenvalue weighted by molar-refractivity contribution is 0.00578. The van der Waals surface area contributed by atoms with Gasteiger partial charge in [0.15, 0.2) is 0 Å². The summed E-state index contributed by atoms with van der Waals surface area (Å²) in [6.45, 7) is 8.91. The van der Waals surface area contributed by atoms with E-state index in [0.29, 0.717) is 12.1 Å². The maximum absolute atomic E-state index is 15.1. The third kappa shape index (κ3) is 2.66. The van der Waals surface area contributed by atoms with Crippen molar-refractivity contribution in [3.05, 3.63) is 39.5 Å². The van der Waals surface area contributed by atoms with Gasteiger partial charge in [-0.05, 0) is 51.0 Å². The first-order chi connectivity index (χ1) is 10.2. The molecule has 0 aliphatic carbocycles. The van der Waals surface area contributed by atoms with Crippen LogP contribution in [0.3, 0.4) is 0 Å². The summed E-state index contributed by atoms with van der Waals surface area (Å²) in [4.78, 5) is 0. The van der Waals surface area contributed by atoms with E-state index >= 15 is 4.39 Å². The molecule has 6 heteroatoms. The predicted molar refractivity (Wildman–Crippen MR) is 90.0 cm³/mol. The molecule has 1 saturated heterocycles. The average molecular weight is 368 g/mol. The Kier molecular flexibility index (Phi) is 4.00. The molecule has 22 heavy (non-hydrogen) atoms. The number of benzene rings is 1. The van der Waals surface area contributed by atoms with Crippen LogP contribution in [0.15, 0.2) is 28.4 Å². The van der Waals surface area contributed by atoms with Crippen LogP contribution in [-0.2, 0) is 15.9 Å². The van der Waals surface area contributed by atoms with Gasteiger partial charge in [0.25, 0.3) is 0 Å². The van der Waals surface area contributed by atoms with Gasteiger partial charge in [0.1, 0.15) is 5.73 Å². The van der Waals surface area contributed by atoms with Crippen LogP contribution in [0.4, 0.5) is 4.39 Å². The fourth-order valence-corrected chi connectivity index (χ4v) is 3.06. The van der Waals surface area contributed by atoms with Crippen molar-refractivity contribution in [1.82, 2.24) is 5.32 Å². The van der Waals surface area contributed by atoms with Crippen molar-refractivity contribution < 1.29 is 13.7 Å². The van der Waals surface area contributed by atoms with E-state index in [9.17, 15) is 0 Å². The van der Waals surface area contributed by atoms with E-state index in [4.69, 9.17) is 9.31 Å². The Balaban J connectivity index is 2.01. The highest BCUT2D eigenvalue weighted by molar-refractivity contribution is 9.10. The first-order valence-corrected chi connectivity index (χ1v) is 8.24. The van der Waals surface area contributed by atoms with E-state index in [1.54, 1.807) is 0 Å². The highest BCUT2D eigenvalue weighted by atomic mass is 79.9. The van der Waals surface area contributed by atoms with Crippen molar-refractivity contribution in [2.45, 2.75) is 45.4 Å². The summed E-state index contributed by atoms with van der Waals surface area (Å²) < 4.78 is 27.7. The molecular formula is C16H20BBrFNO2. The quantitative estimate of drug-likeness (QED) is 0.764.